The van der Waals surface area contributed by atoms with Gasteiger partial charge in [-0.1, -0.05) is 37.3 Å². The fraction of sp³-hybridized carbons (Fsp3) is 0.136. The Bertz CT molecular complexity index is 1140. The normalized spacial score (nSPS) is 11.1. The van der Waals surface area contributed by atoms with Gasteiger partial charge in [0.05, 0.1) is 10.6 Å². The van der Waals surface area contributed by atoms with Crippen LogP contribution < -0.4 is 10.0 Å². The van der Waals surface area contributed by atoms with E-state index in [0.29, 0.717) is 16.8 Å². The number of nitrogens with one attached hydrogen (secondary N) is 2. The zero-order valence-corrected chi connectivity index (χ0v) is 16.9. The molecule has 0 aliphatic heterocycles. The zero-order chi connectivity index (χ0) is 21.0. The minimum Gasteiger partial charge on any atom is -0.322 e. The van der Waals surface area contributed by atoms with Crippen LogP contribution in [0, 0.1) is 12.7 Å². The van der Waals surface area contributed by atoms with E-state index in [1.807, 2.05) is 19.1 Å². The number of anilines is 2. The van der Waals surface area contributed by atoms with Crippen LogP contribution in [0.4, 0.5) is 15.8 Å². The summed E-state index contributed by atoms with van der Waals surface area (Å²) in [6.45, 7) is 3.66. The molecular formula is C22H21FN2O3S. The van der Waals surface area contributed by atoms with Gasteiger partial charge in [0.2, 0.25) is 0 Å². The summed E-state index contributed by atoms with van der Waals surface area (Å²) in [5.41, 5.74) is 2.24. The number of hydrogen-bond acceptors (Lipinski definition) is 3. The molecule has 0 aliphatic rings. The van der Waals surface area contributed by atoms with Crippen LogP contribution >= 0.6 is 0 Å². The first-order valence-corrected chi connectivity index (χ1v) is 10.6. The minimum atomic E-state index is -4.04. The largest absolute Gasteiger partial charge is 0.322 e. The lowest BCUT2D eigenvalue weighted by molar-refractivity contribution is 0.102. The maximum absolute atomic E-state index is 13.8. The molecule has 0 aromatic heterocycles. The molecule has 5 nitrogen and oxygen atoms in total. The van der Waals surface area contributed by atoms with Crippen molar-refractivity contribution in [1.29, 1.82) is 0 Å². The maximum atomic E-state index is 13.8. The number of aryl methyl sites for hydroxylation is 2. The summed E-state index contributed by atoms with van der Waals surface area (Å²) in [5, 5.41) is 2.71. The second kappa shape index (κ2) is 8.45. The van der Waals surface area contributed by atoms with Crippen molar-refractivity contribution in [1.82, 2.24) is 0 Å². The minimum absolute atomic E-state index is 0.0418. The van der Waals surface area contributed by atoms with E-state index in [-0.39, 0.29) is 16.5 Å². The highest BCUT2D eigenvalue weighted by Gasteiger charge is 2.19. The molecule has 0 bridgehead atoms. The van der Waals surface area contributed by atoms with Gasteiger partial charge >= 0.3 is 0 Å². The van der Waals surface area contributed by atoms with Crippen molar-refractivity contribution in [2.24, 2.45) is 0 Å². The van der Waals surface area contributed by atoms with Crippen molar-refractivity contribution in [3.8, 4) is 0 Å². The lowest BCUT2D eigenvalue weighted by Crippen LogP contribution is -2.17. The van der Waals surface area contributed by atoms with Crippen molar-refractivity contribution < 1.29 is 17.6 Å². The fourth-order valence-electron chi connectivity index (χ4n) is 2.81. The van der Waals surface area contributed by atoms with Gasteiger partial charge in [-0.05, 0) is 60.9 Å². The quantitative estimate of drug-likeness (QED) is 0.614. The average molecular weight is 412 g/mol. The Morgan fingerprint density at radius 2 is 1.69 bits per heavy atom. The molecular weight excluding hydrogens is 391 g/mol. The van der Waals surface area contributed by atoms with E-state index in [1.54, 1.807) is 31.2 Å². The van der Waals surface area contributed by atoms with Gasteiger partial charge in [0, 0.05) is 11.3 Å². The number of benzene rings is 3. The first kappa shape index (κ1) is 20.5. The number of amides is 1. The summed E-state index contributed by atoms with van der Waals surface area (Å²) >= 11 is 0. The highest BCUT2D eigenvalue weighted by Crippen LogP contribution is 2.24. The molecule has 0 saturated carbocycles. The number of sulfonamides is 1. The molecule has 0 radical (unpaired) electrons. The lowest BCUT2D eigenvalue weighted by Gasteiger charge is -2.13. The second-order valence-corrected chi connectivity index (χ2v) is 8.22. The lowest BCUT2D eigenvalue weighted by atomic mass is 10.1. The second-order valence-electron chi connectivity index (χ2n) is 6.57. The van der Waals surface area contributed by atoms with E-state index in [9.17, 15) is 17.6 Å². The zero-order valence-electron chi connectivity index (χ0n) is 16.1. The van der Waals surface area contributed by atoms with Crippen LogP contribution in [-0.4, -0.2) is 14.3 Å². The number of halogens is 1. The average Bonchev–Trinajstić information content (AvgIpc) is 2.71. The molecule has 3 aromatic carbocycles. The van der Waals surface area contributed by atoms with Crippen LogP contribution in [-0.2, 0) is 16.4 Å². The summed E-state index contributed by atoms with van der Waals surface area (Å²) in [7, 11) is -4.04. The van der Waals surface area contributed by atoms with Crippen LogP contribution in [0.25, 0.3) is 0 Å². The van der Waals surface area contributed by atoms with Crippen LogP contribution in [0.2, 0.25) is 0 Å². The number of rotatable bonds is 6. The molecule has 1 amide bonds. The van der Waals surface area contributed by atoms with Gasteiger partial charge in [-0.2, -0.15) is 0 Å². The molecule has 0 heterocycles. The van der Waals surface area contributed by atoms with Crippen molar-refractivity contribution in [2.75, 3.05) is 10.0 Å². The number of hydrogen-bond donors (Lipinski definition) is 2. The third-order valence-corrected chi connectivity index (χ3v) is 5.99. The van der Waals surface area contributed by atoms with Gasteiger partial charge in [-0.15, -0.1) is 0 Å². The van der Waals surface area contributed by atoms with Crippen LogP contribution in [0.3, 0.4) is 0 Å². The molecule has 3 rings (SSSR count). The summed E-state index contributed by atoms with van der Waals surface area (Å²) in [4.78, 5) is 12.4. The maximum Gasteiger partial charge on any atom is 0.262 e. The molecule has 29 heavy (non-hydrogen) atoms. The first-order valence-electron chi connectivity index (χ1n) is 9.08. The Labute approximate surface area is 169 Å². The Morgan fingerprint density at radius 1 is 1.00 bits per heavy atom. The summed E-state index contributed by atoms with van der Waals surface area (Å²) in [5.74, 6) is -1.02. The highest BCUT2D eigenvalue weighted by molar-refractivity contribution is 7.92. The summed E-state index contributed by atoms with van der Waals surface area (Å²) in [6.07, 6.45) is 0.871. The van der Waals surface area contributed by atoms with E-state index >= 15 is 0 Å². The standard InChI is InChI=1S/C22H21FN2O3S/c1-3-16-9-11-17(12-10-16)22(26)24-18-13-8-15(2)21(14-18)29(27,28)25-20-7-5-4-6-19(20)23/h4-14,25H,3H2,1-2H3,(H,24,26). The van der Waals surface area contributed by atoms with E-state index < -0.39 is 15.8 Å². The molecule has 7 heteroatoms. The molecule has 2 N–H and O–H groups in total. The first-order chi connectivity index (χ1) is 13.8. The topological polar surface area (TPSA) is 75.3 Å². The van der Waals surface area contributed by atoms with Gasteiger partial charge in [0.15, 0.2) is 0 Å². The van der Waals surface area contributed by atoms with Crippen molar-refractivity contribution >= 4 is 27.3 Å². The highest BCUT2D eigenvalue weighted by atomic mass is 32.2. The predicted octanol–water partition coefficient (Wildman–Crippen LogP) is 4.75. The van der Waals surface area contributed by atoms with Crippen LogP contribution in [0.1, 0.15) is 28.4 Å². The molecule has 0 unspecified atom stereocenters. The SMILES string of the molecule is CCc1ccc(C(=O)Nc2ccc(C)c(S(=O)(=O)Nc3ccccc3F)c2)cc1. The third kappa shape index (κ3) is 4.81. The predicted molar refractivity (Wildman–Crippen MR) is 112 cm³/mol. The van der Waals surface area contributed by atoms with Gasteiger partial charge in [0.25, 0.3) is 15.9 Å². The monoisotopic (exact) mass is 412 g/mol. The van der Waals surface area contributed by atoms with Crippen molar-refractivity contribution in [2.45, 2.75) is 25.2 Å². The Kier molecular flexibility index (Phi) is 5.98. The van der Waals surface area contributed by atoms with E-state index in [4.69, 9.17) is 0 Å². The molecule has 0 spiro atoms. The third-order valence-electron chi connectivity index (χ3n) is 4.48. The molecule has 0 saturated heterocycles. The van der Waals surface area contributed by atoms with E-state index in [1.165, 1.54) is 30.3 Å². The van der Waals surface area contributed by atoms with E-state index in [2.05, 4.69) is 10.0 Å². The smallest absolute Gasteiger partial charge is 0.262 e. The molecule has 0 aliphatic carbocycles. The van der Waals surface area contributed by atoms with Gasteiger partial charge < -0.3 is 5.32 Å². The fourth-order valence-corrected chi connectivity index (χ4v) is 4.15. The van der Waals surface area contributed by atoms with Crippen LogP contribution in [0.5, 0.6) is 0 Å². The number of carbonyl (C=O) groups is 1. The summed E-state index contributed by atoms with van der Waals surface area (Å²) < 4.78 is 41.6. The van der Waals surface area contributed by atoms with Gasteiger partial charge in [-0.3, -0.25) is 9.52 Å². The molecule has 3 aromatic rings. The number of carbonyl (C=O) groups excluding carboxylic acids is 1. The number of para-hydroxylation sites is 1. The van der Waals surface area contributed by atoms with Crippen molar-refractivity contribution in [3.63, 3.8) is 0 Å². The van der Waals surface area contributed by atoms with Crippen molar-refractivity contribution in [3.05, 3.63) is 89.2 Å². The molecule has 150 valence electrons. The molecule has 0 atom stereocenters. The molecule has 0 fully saturated rings. The van der Waals surface area contributed by atoms with Gasteiger partial charge in [0.1, 0.15) is 5.82 Å². The Morgan fingerprint density at radius 3 is 2.34 bits per heavy atom. The summed E-state index contributed by atoms with van der Waals surface area (Å²) in [6, 6.07) is 17.3. The van der Waals surface area contributed by atoms with Crippen LogP contribution in [0.15, 0.2) is 71.6 Å². The van der Waals surface area contributed by atoms with Gasteiger partial charge in [-0.25, -0.2) is 12.8 Å². The Hall–Kier alpha value is -3.19. The van der Waals surface area contributed by atoms with E-state index in [0.717, 1.165) is 12.0 Å². The Balaban J connectivity index is 1.85.